The predicted molar refractivity (Wildman–Crippen MR) is 119 cm³/mol. The molecule has 1 aromatic carbocycles. The number of nitrogens with one attached hydrogen (secondary N) is 1. The molecule has 0 radical (unpaired) electrons. The Balaban J connectivity index is 2.68. The molecule has 4 nitrogen and oxygen atoms in total. The van der Waals surface area contributed by atoms with Crippen molar-refractivity contribution >= 4 is 29.3 Å². The number of hydrogen-bond acceptors (Lipinski definition) is 3. The molecule has 6 heteroatoms. The molecule has 0 aliphatic rings. The molecule has 2 rings (SSSR count). The second-order valence-electron chi connectivity index (χ2n) is 8.21. The molecule has 1 heterocycles. The summed E-state index contributed by atoms with van der Waals surface area (Å²) in [6.07, 6.45) is 3.73. The molecule has 0 fully saturated rings. The van der Waals surface area contributed by atoms with Crippen LogP contribution < -0.4 is 5.32 Å². The second-order valence-corrected chi connectivity index (χ2v) is 8.62. The number of halogens is 2. The zero-order valence-electron chi connectivity index (χ0n) is 17.7. The van der Waals surface area contributed by atoms with E-state index in [0.29, 0.717) is 22.5 Å². The van der Waals surface area contributed by atoms with Crippen molar-refractivity contribution in [3.8, 4) is 11.3 Å². The number of pyridine rings is 1. The highest BCUT2D eigenvalue weighted by atomic mass is 35.5. The summed E-state index contributed by atoms with van der Waals surface area (Å²) in [5.74, 6) is -0.507. The van der Waals surface area contributed by atoms with Crippen molar-refractivity contribution in [3.05, 3.63) is 58.5 Å². The first-order valence-corrected chi connectivity index (χ1v) is 9.82. The van der Waals surface area contributed by atoms with Gasteiger partial charge in [-0.05, 0) is 51.0 Å². The largest absolute Gasteiger partial charge is 0.347 e. The Morgan fingerprint density at radius 3 is 2.48 bits per heavy atom. The van der Waals surface area contributed by atoms with Crippen LogP contribution in [0.3, 0.4) is 0 Å². The van der Waals surface area contributed by atoms with Crippen LogP contribution in [0.25, 0.3) is 16.8 Å². The number of aliphatic imine (C=N–C) groups is 1. The number of benzene rings is 1. The second kappa shape index (κ2) is 9.31. The number of allylic oxidation sites excluding steroid dienone is 2. The lowest BCUT2D eigenvalue weighted by Crippen LogP contribution is -2.40. The van der Waals surface area contributed by atoms with Crippen LogP contribution in [0.1, 0.15) is 50.7 Å². The molecular formula is C23H27ClFN3O. The van der Waals surface area contributed by atoms with Gasteiger partial charge in [-0.25, -0.2) is 9.37 Å². The van der Waals surface area contributed by atoms with Gasteiger partial charge in [0.25, 0.3) is 5.91 Å². The molecule has 0 atom stereocenters. The summed E-state index contributed by atoms with van der Waals surface area (Å²) < 4.78 is 14.0. The maximum Gasteiger partial charge on any atom is 0.251 e. The van der Waals surface area contributed by atoms with Crippen molar-refractivity contribution in [2.45, 2.75) is 40.2 Å². The summed E-state index contributed by atoms with van der Waals surface area (Å²) in [6, 6.07) is 7.87. The Morgan fingerprint density at radius 2 is 1.93 bits per heavy atom. The number of amides is 1. The molecular weight excluding hydrogens is 389 g/mol. The van der Waals surface area contributed by atoms with Crippen molar-refractivity contribution in [2.24, 2.45) is 10.9 Å². The van der Waals surface area contributed by atoms with E-state index < -0.39 is 11.4 Å². The Labute approximate surface area is 176 Å². The quantitative estimate of drug-likeness (QED) is 0.626. The Morgan fingerprint density at radius 1 is 1.24 bits per heavy atom. The fraction of sp³-hybridized carbons (Fsp3) is 0.348. The minimum absolute atomic E-state index is 0.0362. The molecule has 0 bridgehead atoms. The van der Waals surface area contributed by atoms with E-state index >= 15 is 0 Å². The fourth-order valence-corrected chi connectivity index (χ4v) is 2.84. The van der Waals surface area contributed by atoms with Gasteiger partial charge in [0.05, 0.1) is 16.4 Å². The van der Waals surface area contributed by atoms with Gasteiger partial charge in [-0.3, -0.25) is 9.79 Å². The van der Waals surface area contributed by atoms with E-state index in [2.05, 4.69) is 29.1 Å². The molecule has 0 saturated heterocycles. The summed E-state index contributed by atoms with van der Waals surface area (Å²) in [7, 11) is 1.68. The first-order valence-electron chi connectivity index (χ1n) is 9.44. The van der Waals surface area contributed by atoms with Crippen molar-refractivity contribution in [1.29, 1.82) is 0 Å². The van der Waals surface area contributed by atoms with Crippen LogP contribution in [0.15, 0.2) is 41.4 Å². The third kappa shape index (κ3) is 6.50. The Kier molecular flexibility index (Phi) is 7.31. The van der Waals surface area contributed by atoms with Crippen LogP contribution in [0, 0.1) is 11.7 Å². The minimum Gasteiger partial charge on any atom is -0.347 e. The standard InChI is InChI=1S/C23H27ClFN3O/c1-14(2)9-17(13-26-6)21-12-16(22(29)28-23(3,4)5)11-20(27-21)15-7-8-18(24)19(25)10-15/h7-14H,1-6H3,(H,28,29)/b17-9-,26-13?. The van der Waals surface area contributed by atoms with Crippen molar-refractivity contribution in [1.82, 2.24) is 10.3 Å². The van der Waals surface area contributed by atoms with Gasteiger partial charge in [-0.2, -0.15) is 0 Å². The average molecular weight is 416 g/mol. The van der Waals surface area contributed by atoms with Crippen LogP contribution in [-0.2, 0) is 0 Å². The summed E-state index contributed by atoms with van der Waals surface area (Å²) in [5.41, 5.74) is 2.45. The molecule has 1 amide bonds. The highest BCUT2D eigenvalue weighted by molar-refractivity contribution is 6.30. The summed E-state index contributed by atoms with van der Waals surface area (Å²) in [6.45, 7) is 9.84. The van der Waals surface area contributed by atoms with Gasteiger partial charge in [0.2, 0.25) is 0 Å². The van der Waals surface area contributed by atoms with Gasteiger partial charge in [0.1, 0.15) is 5.82 Å². The molecule has 0 aliphatic carbocycles. The highest BCUT2D eigenvalue weighted by Gasteiger charge is 2.18. The third-order valence-corrected chi connectivity index (χ3v) is 4.17. The normalized spacial score (nSPS) is 12.7. The van der Waals surface area contributed by atoms with Crippen LogP contribution in [0.2, 0.25) is 5.02 Å². The fourth-order valence-electron chi connectivity index (χ4n) is 2.72. The first kappa shape index (κ1) is 22.8. The lowest BCUT2D eigenvalue weighted by Gasteiger charge is -2.21. The Hall–Kier alpha value is -2.53. The summed E-state index contributed by atoms with van der Waals surface area (Å²) >= 11 is 5.82. The maximum absolute atomic E-state index is 14.0. The van der Waals surface area contributed by atoms with Crippen molar-refractivity contribution < 1.29 is 9.18 Å². The van der Waals surface area contributed by atoms with Crippen molar-refractivity contribution in [2.75, 3.05) is 7.05 Å². The number of aromatic nitrogens is 1. The van der Waals surface area contributed by atoms with Crippen LogP contribution in [-0.4, -0.2) is 29.7 Å². The smallest absolute Gasteiger partial charge is 0.251 e. The average Bonchev–Trinajstić information content (AvgIpc) is 2.61. The highest BCUT2D eigenvalue weighted by Crippen LogP contribution is 2.26. The number of carbonyl (C=O) groups excluding carboxylic acids is 1. The molecule has 2 aromatic rings. The van der Waals surface area contributed by atoms with Gasteiger partial charge < -0.3 is 5.32 Å². The van der Waals surface area contributed by atoms with E-state index in [1.165, 1.54) is 12.1 Å². The van der Waals surface area contributed by atoms with Crippen LogP contribution in [0.5, 0.6) is 0 Å². The van der Waals surface area contributed by atoms with Gasteiger partial charge >= 0.3 is 0 Å². The minimum atomic E-state index is -0.537. The molecule has 1 aromatic heterocycles. The summed E-state index contributed by atoms with van der Waals surface area (Å²) in [5, 5.41) is 2.99. The van der Waals surface area contributed by atoms with E-state index in [0.717, 1.165) is 5.57 Å². The molecule has 1 N–H and O–H groups in total. The molecule has 0 saturated carbocycles. The van der Waals surface area contributed by atoms with Gasteiger partial charge in [0.15, 0.2) is 0 Å². The number of hydrogen-bond donors (Lipinski definition) is 1. The number of nitrogens with zero attached hydrogens (tertiary/aromatic N) is 2. The van der Waals surface area contributed by atoms with Crippen LogP contribution >= 0.6 is 11.6 Å². The topological polar surface area (TPSA) is 54.4 Å². The van der Waals surface area contributed by atoms with Crippen molar-refractivity contribution in [3.63, 3.8) is 0 Å². The third-order valence-electron chi connectivity index (χ3n) is 3.87. The summed E-state index contributed by atoms with van der Waals surface area (Å²) in [4.78, 5) is 21.6. The number of rotatable bonds is 5. The first-order chi connectivity index (χ1) is 13.5. The maximum atomic E-state index is 14.0. The molecule has 29 heavy (non-hydrogen) atoms. The molecule has 0 unspecified atom stereocenters. The molecule has 0 spiro atoms. The molecule has 154 valence electrons. The lowest BCUT2D eigenvalue weighted by atomic mass is 10.0. The lowest BCUT2D eigenvalue weighted by molar-refractivity contribution is 0.0919. The number of carbonyl (C=O) groups is 1. The van der Waals surface area contributed by atoms with E-state index in [1.807, 2.05) is 26.8 Å². The Bertz CT molecular complexity index is 959. The van der Waals surface area contributed by atoms with E-state index in [4.69, 9.17) is 11.6 Å². The van der Waals surface area contributed by atoms with E-state index in [9.17, 15) is 9.18 Å². The zero-order valence-corrected chi connectivity index (χ0v) is 18.4. The van der Waals surface area contributed by atoms with Gasteiger partial charge in [-0.1, -0.05) is 37.6 Å². The van der Waals surface area contributed by atoms with Gasteiger partial charge in [-0.15, -0.1) is 0 Å². The zero-order chi connectivity index (χ0) is 21.8. The van der Waals surface area contributed by atoms with Crippen LogP contribution in [0.4, 0.5) is 4.39 Å². The van der Waals surface area contributed by atoms with E-state index in [1.54, 1.807) is 31.5 Å². The SMILES string of the molecule is CN=C/C(=C/C(C)C)c1cc(C(=O)NC(C)(C)C)cc(-c2ccc(Cl)c(F)c2)n1. The predicted octanol–water partition coefficient (Wildman–Crippen LogP) is 5.81. The van der Waals surface area contributed by atoms with Gasteiger partial charge in [0, 0.05) is 35.5 Å². The monoisotopic (exact) mass is 415 g/mol. The molecule has 0 aliphatic heterocycles. The van der Waals surface area contributed by atoms with E-state index in [-0.39, 0.29) is 16.8 Å².